The molecule has 0 amide bonds. The van der Waals surface area contributed by atoms with Gasteiger partial charge in [-0.15, -0.1) is 0 Å². The molecule has 0 bridgehead atoms. The maximum atomic E-state index is 13.0. The molecular formula is C25H34N2O4S2. The van der Waals surface area contributed by atoms with Crippen molar-refractivity contribution in [3.8, 4) is 0 Å². The van der Waals surface area contributed by atoms with Crippen molar-refractivity contribution in [1.82, 2.24) is 8.61 Å². The first-order valence-corrected chi connectivity index (χ1v) is 14.9. The highest BCUT2D eigenvalue weighted by Gasteiger charge is 2.26. The third-order valence-electron chi connectivity index (χ3n) is 6.66. The largest absolute Gasteiger partial charge is 0.243 e. The van der Waals surface area contributed by atoms with Crippen molar-refractivity contribution in [3.63, 3.8) is 0 Å². The van der Waals surface area contributed by atoms with E-state index in [-0.39, 0.29) is 0 Å². The molecule has 0 saturated carbocycles. The lowest BCUT2D eigenvalue weighted by Gasteiger charge is -2.20. The molecule has 6 nitrogen and oxygen atoms in total. The molecule has 2 fully saturated rings. The maximum absolute atomic E-state index is 13.0. The summed E-state index contributed by atoms with van der Waals surface area (Å²) in [5.41, 5.74) is 1.99. The summed E-state index contributed by atoms with van der Waals surface area (Å²) in [6.45, 7) is 2.38. The lowest BCUT2D eigenvalue weighted by molar-refractivity contribution is 0.423. The van der Waals surface area contributed by atoms with E-state index in [1.54, 1.807) is 32.9 Å². The van der Waals surface area contributed by atoms with Crippen LogP contribution in [0, 0.1) is 0 Å². The van der Waals surface area contributed by atoms with Crippen LogP contribution in [0.5, 0.6) is 0 Å². The lowest BCUT2D eigenvalue weighted by Crippen LogP contribution is -2.31. The minimum atomic E-state index is -3.45. The van der Waals surface area contributed by atoms with Crippen LogP contribution in [-0.4, -0.2) is 51.6 Å². The van der Waals surface area contributed by atoms with Crippen LogP contribution >= 0.6 is 0 Å². The van der Waals surface area contributed by atoms with Gasteiger partial charge in [0.2, 0.25) is 20.0 Å². The Hall–Kier alpha value is -1.74. The molecule has 2 heterocycles. The standard InChI is InChI=1S/C25H34N2O4S2/c28-32(29,26-17-5-1-2-6-18-26)24-13-9-22(10-14-24)21-23-11-15-25(16-12-23)33(30,31)27-19-7-3-4-8-20-27/h9-16H,1-8,17-21H2. The molecule has 0 aliphatic carbocycles. The Kier molecular flexibility index (Phi) is 7.89. The van der Waals surface area contributed by atoms with Crippen molar-refractivity contribution >= 4 is 20.0 Å². The minimum absolute atomic E-state index is 0.340. The summed E-state index contributed by atoms with van der Waals surface area (Å²) in [6.07, 6.45) is 8.63. The van der Waals surface area contributed by atoms with Gasteiger partial charge < -0.3 is 0 Å². The van der Waals surface area contributed by atoms with E-state index in [9.17, 15) is 16.8 Å². The van der Waals surface area contributed by atoms with Crippen molar-refractivity contribution in [1.29, 1.82) is 0 Å². The van der Waals surface area contributed by atoms with Crippen molar-refractivity contribution in [2.45, 2.75) is 67.6 Å². The zero-order valence-corrected chi connectivity index (χ0v) is 20.8. The molecule has 2 aliphatic heterocycles. The van der Waals surface area contributed by atoms with E-state index < -0.39 is 20.0 Å². The SMILES string of the molecule is O=S(=O)(c1ccc(Cc2ccc(S(=O)(=O)N3CCCCCC3)cc2)cc1)N1CCCCCC1. The van der Waals surface area contributed by atoms with E-state index in [1.807, 2.05) is 24.3 Å². The van der Waals surface area contributed by atoms with Gasteiger partial charge in [0, 0.05) is 26.2 Å². The van der Waals surface area contributed by atoms with Gasteiger partial charge in [-0.3, -0.25) is 0 Å². The molecule has 2 aromatic carbocycles. The van der Waals surface area contributed by atoms with E-state index in [0.717, 1.165) is 62.5 Å². The number of hydrogen-bond acceptors (Lipinski definition) is 4. The number of hydrogen-bond donors (Lipinski definition) is 0. The first-order chi connectivity index (χ1) is 15.9. The van der Waals surface area contributed by atoms with Crippen LogP contribution in [0.4, 0.5) is 0 Å². The summed E-state index contributed by atoms with van der Waals surface area (Å²) in [5.74, 6) is 0. The van der Waals surface area contributed by atoms with Crippen LogP contribution in [0.15, 0.2) is 58.3 Å². The van der Waals surface area contributed by atoms with Crippen LogP contribution in [-0.2, 0) is 26.5 Å². The Bertz CT molecular complexity index is 1020. The smallest absolute Gasteiger partial charge is 0.207 e. The fourth-order valence-corrected chi connectivity index (χ4v) is 7.69. The predicted octanol–water partition coefficient (Wildman–Crippen LogP) is 4.41. The molecule has 0 radical (unpaired) electrons. The van der Waals surface area contributed by atoms with Gasteiger partial charge in [0.1, 0.15) is 0 Å². The molecule has 0 aromatic heterocycles. The molecule has 0 N–H and O–H groups in total. The first-order valence-electron chi connectivity index (χ1n) is 12.1. The second-order valence-electron chi connectivity index (χ2n) is 9.10. The second kappa shape index (κ2) is 10.7. The average molecular weight is 491 g/mol. The van der Waals surface area contributed by atoms with Gasteiger partial charge in [-0.25, -0.2) is 16.8 Å². The van der Waals surface area contributed by atoms with Crippen LogP contribution < -0.4 is 0 Å². The molecule has 2 saturated heterocycles. The third-order valence-corrected chi connectivity index (χ3v) is 10.5. The molecule has 180 valence electrons. The Morgan fingerprint density at radius 2 is 0.788 bits per heavy atom. The molecule has 2 aromatic rings. The molecule has 0 atom stereocenters. The van der Waals surface area contributed by atoms with Gasteiger partial charge in [-0.1, -0.05) is 49.9 Å². The van der Waals surface area contributed by atoms with Gasteiger partial charge in [0.15, 0.2) is 0 Å². The van der Waals surface area contributed by atoms with Crippen LogP contribution in [0.2, 0.25) is 0 Å². The number of sulfonamides is 2. The van der Waals surface area contributed by atoms with Crippen molar-refractivity contribution in [2.75, 3.05) is 26.2 Å². The predicted molar refractivity (Wildman–Crippen MR) is 130 cm³/mol. The van der Waals surface area contributed by atoms with Crippen molar-refractivity contribution in [3.05, 3.63) is 59.7 Å². The molecular weight excluding hydrogens is 456 g/mol. The quantitative estimate of drug-likeness (QED) is 0.601. The molecule has 0 unspecified atom stereocenters. The molecule has 33 heavy (non-hydrogen) atoms. The zero-order valence-electron chi connectivity index (χ0n) is 19.2. The summed E-state index contributed by atoms with van der Waals surface area (Å²) in [4.78, 5) is 0.680. The van der Waals surface area contributed by atoms with E-state index in [2.05, 4.69) is 0 Å². The minimum Gasteiger partial charge on any atom is -0.207 e. The molecule has 4 rings (SSSR count). The van der Waals surface area contributed by atoms with Crippen LogP contribution in [0.3, 0.4) is 0 Å². The van der Waals surface area contributed by atoms with E-state index in [1.165, 1.54) is 0 Å². The highest BCUT2D eigenvalue weighted by atomic mass is 32.2. The summed E-state index contributed by atoms with van der Waals surface area (Å²) in [5, 5.41) is 0. The summed E-state index contributed by atoms with van der Waals surface area (Å²) in [7, 11) is -6.90. The summed E-state index contributed by atoms with van der Waals surface area (Å²) >= 11 is 0. The second-order valence-corrected chi connectivity index (χ2v) is 13.0. The Balaban J connectivity index is 1.43. The molecule has 2 aliphatic rings. The Labute approximate surface area is 198 Å². The fourth-order valence-electron chi connectivity index (χ4n) is 4.66. The summed E-state index contributed by atoms with van der Waals surface area (Å²) < 4.78 is 55.1. The molecule has 0 spiro atoms. The monoisotopic (exact) mass is 490 g/mol. The van der Waals surface area contributed by atoms with Gasteiger partial charge in [0.25, 0.3) is 0 Å². The highest BCUT2D eigenvalue weighted by molar-refractivity contribution is 7.89. The first kappa shape index (κ1) is 24.4. The molecule has 8 heteroatoms. The van der Waals surface area contributed by atoms with E-state index in [4.69, 9.17) is 0 Å². The highest BCUT2D eigenvalue weighted by Crippen LogP contribution is 2.23. The third kappa shape index (κ3) is 5.85. The van der Waals surface area contributed by atoms with Gasteiger partial charge in [0.05, 0.1) is 9.79 Å². The average Bonchev–Trinajstić information content (AvgIpc) is 3.26. The van der Waals surface area contributed by atoms with E-state index in [0.29, 0.717) is 42.4 Å². The lowest BCUT2D eigenvalue weighted by atomic mass is 10.1. The zero-order chi connectivity index (χ0) is 23.3. The van der Waals surface area contributed by atoms with Gasteiger partial charge in [-0.05, 0) is 67.5 Å². The van der Waals surface area contributed by atoms with Crippen molar-refractivity contribution < 1.29 is 16.8 Å². The maximum Gasteiger partial charge on any atom is 0.243 e. The topological polar surface area (TPSA) is 74.8 Å². The number of rotatable bonds is 6. The summed E-state index contributed by atoms with van der Waals surface area (Å²) in [6, 6.07) is 14.2. The van der Waals surface area contributed by atoms with E-state index >= 15 is 0 Å². The number of nitrogens with zero attached hydrogens (tertiary/aromatic N) is 2. The van der Waals surface area contributed by atoms with Gasteiger partial charge in [-0.2, -0.15) is 8.61 Å². The van der Waals surface area contributed by atoms with Crippen molar-refractivity contribution in [2.24, 2.45) is 0 Å². The number of benzene rings is 2. The fraction of sp³-hybridized carbons (Fsp3) is 0.520. The van der Waals surface area contributed by atoms with Crippen LogP contribution in [0.25, 0.3) is 0 Å². The van der Waals surface area contributed by atoms with Crippen LogP contribution in [0.1, 0.15) is 62.5 Å². The Morgan fingerprint density at radius 1 is 0.485 bits per heavy atom. The van der Waals surface area contributed by atoms with Gasteiger partial charge >= 0.3 is 0 Å². The Morgan fingerprint density at radius 3 is 1.09 bits per heavy atom. The normalized spacial score (nSPS) is 19.6.